The lowest BCUT2D eigenvalue weighted by atomic mass is 9.89. The number of aryl methyl sites for hydroxylation is 1. The maximum atomic E-state index is 11.5. The van der Waals surface area contributed by atoms with Crippen molar-refractivity contribution in [2.75, 3.05) is 0 Å². The smallest absolute Gasteiger partial charge is 0.140 e. The quantitative estimate of drug-likeness (QED) is 0.829. The van der Waals surface area contributed by atoms with Gasteiger partial charge in [-0.1, -0.05) is 26.0 Å². The molecule has 0 aromatic heterocycles. The van der Waals surface area contributed by atoms with Crippen LogP contribution >= 0.6 is 0 Å². The lowest BCUT2D eigenvalue weighted by Gasteiger charge is -2.16. The number of Topliss-reactive ketones (excluding diaryl/α,β-unsaturated/α-hetero) is 2. The highest BCUT2D eigenvalue weighted by Gasteiger charge is 2.21. The Bertz CT molecular complexity index is 487. The molecule has 0 aliphatic rings. The Hall–Kier alpha value is -1.64. The van der Waals surface area contributed by atoms with E-state index in [1.807, 2.05) is 32.9 Å². The lowest BCUT2D eigenvalue weighted by Crippen LogP contribution is -2.22. The van der Waals surface area contributed by atoms with Crippen LogP contribution in [0, 0.1) is 12.8 Å². The molecule has 0 unspecified atom stereocenters. The number of carbonyl (C=O) groups excluding carboxylic acids is 2. The average Bonchev–Trinajstić information content (AvgIpc) is 2.28. The molecule has 1 aromatic carbocycles. The predicted octanol–water partition coefficient (Wildman–Crippen LogP) is 3.16. The van der Waals surface area contributed by atoms with Gasteiger partial charge in [0.2, 0.25) is 0 Å². The molecule has 0 fully saturated rings. The summed E-state index contributed by atoms with van der Waals surface area (Å²) in [6.45, 7) is 8.74. The van der Waals surface area contributed by atoms with Gasteiger partial charge in [-0.25, -0.2) is 0 Å². The second-order valence-corrected chi connectivity index (χ2v) is 5.48. The van der Waals surface area contributed by atoms with E-state index >= 15 is 0 Å². The number of phenolic OH excluding ortho intramolecular Hbond substituents is 1. The Morgan fingerprint density at radius 2 is 1.68 bits per heavy atom. The van der Waals surface area contributed by atoms with Gasteiger partial charge in [0.1, 0.15) is 17.3 Å². The van der Waals surface area contributed by atoms with Crippen molar-refractivity contribution in [1.82, 2.24) is 0 Å². The molecule has 0 aliphatic heterocycles. The van der Waals surface area contributed by atoms with Crippen molar-refractivity contribution in [1.29, 1.82) is 0 Å². The molecule has 3 heteroatoms. The molecule has 0 saturated heterocycles. The number of hydrogen-bond acceptors (Lipinski definition) is 3. The van der Waals surface area contributed by atoms with Gasteiger partial charge in [-0.2, -0.15) is 0 Å². The van der Waals surface area contributed by atoms with Crippen molar-refractivity contribution in [3.05, 3.63) is 28.8 Å². The molecule has 0 aliphatic carbocycles. The fourth-order valence-corrected chi connectivity index (χ4v) is 2.25. The van der Waals surface area contributed by atoms with Crippen molar-refractivity contribution < 1.29 is 14.7 Å². The van der Waals surface area contributed by atoms with Gasteiger partial charge < -0.3 is 5.11 Å². The number of hydrogen-bond donors (Lipinski definition) is 1. The molecule has 0 heterocycles. The van der Waals surface area contributed by atoms with Gasteiger partial charge in [-0.3, -0.25) is 9.59 Å². The summed E-state index contributed by atoms with van der Waals surface area (Å²) < 4.78 is 0. The molecule has 3 nitrogen and oxygen atoms in total. The molecule has 0 saturated carbocycles. The Kier molecular flexibility index (Phi) is 4.87. The van der Waals surface area contributed by atoms with Crippen LogP contribution in [0.5, 0.6) is 5.75 Å². The number of phenols is 1. The molecule has 104 valence electrons. The van der Waals surface area contributed by atoms with Crippen LogP contribution < -0.4 is 0 Å². The van der Waals surface area contributed by atoms with Gasteiger partial charge >= 0.3 is 0 Å². The number of carbonyl (C=O) groups is 2. The largest absolute Gasteiger partial charge is 0.507 e. The molecule has 19 heavy (non-hydrogen) atoms. The van der Waals surface area contributed by atoms with Gasteiger partial charge in [0, 0.05) is 0 Å². The van der Waals surface area contributed by atoms with Crippen molar-refractivity contribution in [3.63, 3.8) is 0 Å². The topological polar surface area (TPSA) is 54.4 Å². The number of ketones is 2. The molecule has 1 aromatic rings. The molecule has 0 spiro atoms. The van der Waals surface area contributed by atoms with Crippen molar-refractivity contribution in [2.24, 2.45) is 5.92 Å². The summed E-state index contributed by atoms with van der Waals surface area (Å²) in [5, 5.41) is 10.0. The first kappa shape index (κ1) is 15.4. The summed E-state index contributed by atoms with van der Waals surface area (Å²) in [6.07, 6.45) is 0.408. The molecule has 0 radical (unpaired) electrons. The first-order valence-electron chi connectivity index (χ1n) is 6.57. The van der Waals surface area contributed by atoms with Crippen molar-refractivity contribution >= 4 is 11.6 Å². The highest BCUT2D eigenvalue weighted by atomic mass is 16.3. The molecule has 1 N–H and O–H groups in total. The van der Waals surface area contributed by atoms with Crippen LogP contribution in [-0.4, -0.2) is 16.7 Å². The summed E-state index contributed by atoms with van der Waals surface area (Å²) in [5.41, 5.74) is 2.57. The Labute approximate surface area is 114 Å². The van der Waals surface area contributed by atoms with Gasteiger partial charge in [0.15, 0.2) is 0 Å². The molecule has 0 atom stereocenters. The third-order valence-electron chi connectivity index (χ3n) is 3.43. The normalized spacial score (nSPS) is 11.1. The summed E-state index contributed by atoms with van der Waals surface area (Å²) in [5.74, 6) is -0.287. The maximum absolute atomic E-state index is 11.5. The fourth-order valence-electron chi connectivity index (χ4n) is 2.25. The molecule has 0 bridgehead atoms. The second-order valence-electron chi connectivity index (χ2n) is 5.48. The number of aromatic hydroxyl groups is 1. The van der Waals surface area contributed by atoms with E-state index in [4.69, 9.17) is 0 Å². The number of rotatable bonds is 5. The Morgan fingerprint density at radius 3 is 2.11 bits per heavy atom. The standard InChI is InChI=1S/C16H22O3/c1-9(2)14-7-13(6-10(3)16(14)19)8-15(11(4)17)12(5)18/h6-7,9,15,19H,8H2,1-5H3. The third-order valence-corrected chi connectivity index (χ3v) is 3.43. The predicted molar refractivity (Wildman–Crippen MR) is 75.5 cm³/mol. The highest BCUT2D eigenvalue weighted by Crippen LogP contribution is 2.31. The molecular weight excluding hydrogens is 240 g/mol. The van der Waals surface area contributed by atoms with E-state index in [1.165, 1.54) is 13.8 Å². The molecule has 1 rings (SSSR count). The van der Waals surface area contributed by atoms with Crippen molar-refractivity contribution in [3.8, 4) is 5.75 Å². The summed E-state index contributed by atoms with van der Waals surface area (Å²) in [4.78, 5) is 23.0. The first-order chi connectivity index (χ1) is 8.73. The minimum atomic E-state index is -0.580. The minimum Gasteiger partial charge on any atom is -0.507 e. The summed E-state index contributed by atoms with van der Waals surface area (Å²) >= 11 is 0. The van der Waals surface area contributed by atoms with E-state index in [1.54, 1.807) is 0 Å². The van der Waals surface area contributed by atoms with Crippen LogP contribution in [0.4, 0.5) is 0 Å². The van der Waals surface area contributed by atoms with Crippen LogP contribution in [0.25, 0.3) is 0 Å². The zero-order chi connectivity index (χ0) is 14.7. The van der Waals surface area contributed by atoms with Gasteiger partial charge in [0.25, 0.3) is 0 Å². The number of benzene rings is 1. The second kappa shape index (κ2) is 6.00. The van der Waals surface area contributed by atoms with Crippen LogP contribution in [0.3, 0.4) is 0 Å². The van der Waals surface area contributed by atoms with E-state index in [0.717, 1.165) is 16.7 Å². The van der Waals surface area contributed by atoms with Crippen LogP contribution in [0.1, 0.15) is 50.3 Å². The zero-order valence-corrected chi connectivity index (χ0v) is 12.3. The van der Waals surface area contributed by atoms with Crippen LogP contribution in [0.2, 0.25) is 0 Å². The highest BCUT2D eigenvalue weighted by molar-refractivity contribution is 6.00. The van der Waals surface area contributed by atoms with Gasteiger partial charge in [-0.05, 0) is 49.8 Å². The SMILES string of the molecule is CC(=O)C(Cc1cc(C)c(O)c(C(C)C)c1)C(C)=O. The lowest BCUT2D eigenvalue weighted by molar-refractivity contribution is -0.130. The Balaban J connectivity index is 3.15. The third kappa shape index (κ3) is 3.66. The fraction of sp³-hybridized carbons (Fsp3) is 0.500. The zero-order valence-electron chi connectivity index (χ0n) is 12.3. The van der Waals surface area contributed by atoms with E-state index in [2.05, 4.69) is 0 Å². The first-order valence-corrected chi connectivity index (χ1v) is 6.57. The average molecular weight is 262 g/mol. The van der Waals surface area contributed by atoms with E-state index < -0.39 is 5.92 Å². The van der Waals surface area contributed by atoms with Crippen molar-refractivity contribution in [2.45, 2.75) is 47.0 Å². The van der Waals surface area contributed by atoms with E-state index in [-0.39, 0.29) is 17.5 Å². The molecule has 0 amide bonds. The van der Waals surface area contributed by atoms with Gasteiger partial charge in [-0.15, -0.1) is 0 Å². The van der Waals surface area contributed by atoms with Crippen LogP contribution in [-0.2, 0) is 16.0 Å². The van der Waals surface area contributed by atoms with Gasteiger partial charge in [0.05, 0.1) is 5.92 Å². The summed E-state index contributed by atoms with van der Waals surface area (Å²) in [7, 11) is 0. The maximum Gasteiger partial charge on any atom is 0.140 e. The van der Waals surface area contributed by atoms with Crippen LogP contribution in [0.15, 0.2) is 12.1 Å². The van der Waals surface area contributed by atoms with E-state index in [9.17, 15) is 14.7 Å². The summed E-state index contributed by atoms with van der Waals surface area (Å²) in [6, 6.07) is 3.74. The monoisotopic (exact) mass is 262 g/mol. The van der Waals surface area contributed by atoms with E-state index in [0.29, 0.717) is 12.2 Å². The Morgan fingerprint density at radius 1 is 1.16 bits per heavy atom. The minimum absolute atomic E-state index is 0.107. The molecular formula is C16H22O3.